The first-order chi connectivity index (χ1) is 5.62. The molecule has 0 N–H and O–H groups in total. The molecule has 0 aliphatic rings. The van der Waals surface area contributed by atoms with Crippen LogP contribution in [0.25, 0.3) is 0 Å². The molecule has 0 saturated heterocycles. The Kier molecular flexibility index (Phi) is 6.28. The van der Waals surface area contributed by atoms with Gasteiger partial charge in [-0.15, -0.1) is 0 Å². The second kappa shape index (κ2) is 6.37. The Morgan fingerprint density at radius 2 is 2.00 bits per heavy atom. The molecule has 70 valence electrons. The van der Waals surface area contributed by atoms with Crippen molar-refractivity contribution in [3.63, 3.8) is 0 Å². The molecule has 0 aromatic heterocycles. The first kappa shape index (κ1) is 11.8. The molecule has 0 heterocycles. The zero-order chi connectivity index (χ0) is 9.45. The average molecular weight is 185 g/mol. The summed E-state index contributed by atoms with van der Waals surface area (Å²) in [7, 11) is 0. The predicted octanol–water partition coefficient (Wildman–Crippen LogP) is 3.46. The third kappa shape index (κ3) is 6.54. The lowest BCUT2D eigenvalue weighted by atomic mass is 9.90. The van der Waals surface area contributed by atoms with E-state index in [1.165, 1.54) is 24.3 Å². The van der Waals surface area contributed by atoms with Crippen LogP contribution in [0, 0.1) is 16.7 Å². The van der Waals surface area contributed by atoms with Gasteiger partial charge in [0.25, 0.3) is 0 Å². The second-order valence-corrected chi connectivity index (χ2v) is 4.94. The second-order valence-electron chi connectivity index (χ2n) is 3.71. The minimum absolute atomic E-state index is 0.118. The Labute approximate surface area is 80.5 Å². The van der Waals surface area contributed by atoms with E-state index in [0.29, 0.717) is 0 Å². The van der Waals surface area contributed by atoms with Crippen molar-refractivity contribution in [2.75, 3.05) is 11.5 Å². The van der Waals surface area contributed by atoms with Crippen LogP contribution in [0.15, 0.2) is 0 Å². The molecule has 0 amide bonds. The standard InChI is InChI=1S/C10H19NS/c1-4-7-12-8-5-6-10(2,3)9-11/h4-8H2,1-3H3. The molecule has 0 aromatic rings. The summed E-state index contributed by atoms with van der Waals surface area (Å²) in [6.07, 6.45) is 3.46. The molecule has 0 radical (unpaired) electrons. The van der Waals surface area contributed by atoms with Crippen LogP contribution in [-0.4, -0.2) is 11.5 Å². The molecule has 0 rings (SSSR count). The van der Waals surface area contributed by atoms with E-state index in [9.17, 15) is 0 Å². The Hall–Kier alpha value is -0.160. The van der Waals surface area contributed by atoms with Crippen molar-refractivity contribution in [3.05, 3.63) is 0 Å². The molecular formula is C10H19NS. The lowest BCUT2D eigenvalue weighted by Crippen LogP contribution is -2.07. The molecule has 0 atom stereocenters. The smallest absolute Gasteiger partial charge is 0.0683 e. The van der Waals surface area contributed by atoms with Crippen LogP contribution in [-0.2, 0) is 0 Å². The summed E-state index contributed by atoms with van der Waals surface area (Å²) < 4.78 is 0. The number of nitriles is 1. The van der Waals surface area contributed by atoms with Gasteiger partial charge in [-0.1, -0.05) is 6.92 Å². The van der Waals surface area contributed by atoms with Crippen molar-refractivity contribution < 1.29 is 0 Å². The molecule has 0 fully saturated rings. The lowest BCUT2D eigenvalue weighted by molar-refractivity contribution is 0.448. The summed E-state index contributed by atoms with van der Waals surface area (Å²) in [5, 5.41) is 8.74. The zero-order valence-corrected chi connectivity index (χ0v) is 9.21. The predicted molar refractivity (Wildman–Crippen MR) is 56.2 cm³/mol. The number of nitrogens with zero attached hydrogens (tertiary/aromatic N) is 1. The molecule has 0 bridgehead atoms. The van der Waals surface area contributed by atoms with Crippen molar-refractivity contribution in [1.82, 2.24) is 0 Å². The molecule has 0 saturated carbocycles. The van der Waals surface area contributed by atoms with Gasteiger partial charge in [0.2, 0.25) is 0 Å². The molecular weight excluding hydrogens is 166 g/mol. The average Bonchev–Trinajstić information content (AvgIpc) is 2.04. The van der Waals surface area contributed by atoms with Crippen LogP contribution in [0.2, 0.25) is 0 Å². The minimum atomic E-state index is -0.118. The highest BCUT2D eigenvalue weighted by Crippen LogP contribution is 2.21. The topological polar surface area (TPSA) is 23.8 Å². The molecule has 0 aliphatic heterocycles. The maximum atomic E-state index is 8.74. The van der Waals surface area contributed by atoms with Crippen molar-refractivity contribution in [1.29, 1.82) is 5.26 Å². The van der Waals surface area contributed by atoms with E-state index in [2.05, 4.69) is 13.0 Å². The first-order valence-corrected chi connectivity index (χ1v) is 5.77. The summed E-state index contributed by atoms with van der Waals surface area (Å²) in [6, 6.07) is 2.32. The molecule has 0 aromatic carbocycles. The van der Waals surface area contributed by atoms with E-state index >= 15 is 0 Å². The molecule has 1 nitrogen and oxygen atoms in total. The monoisotopic (exact) mass is 185 g/mol. The highest BCUT2D eigenvalue weighted by molar-refractivity contribution is 7.99. The van der Waals surface area contributed by atoms with E-state index in [1.807, 2.05) is 25.6 Å². The van der Waals surface area contributed by atoms with Crippen molar-refractivity contribution >= 4 is 11.8 Å². The maximum absolute atomic E-state index is 8.74. The largest absolute Gasteiger partial charge is 0.198 e. The SMILES string of the molecule is CCCSCCCC(C)(C)C#N. The van der Waals surface area contributed by atoms with Crippen molar-refractivity contribution in [3.8, 4) is 6.07 Å². The first-order valence-electron chi connectivity index (χ1n) is 4.61. The van der Waals surface area contributed by atoms with Gasteiger partial charge in [0, 0.05) is 0 Å². The molecule has 12 heavy (non-hydrogen) atoms. The summed E-state index contributed by atoms with van der Waals surface area (Å²) >= 11 is 2.00. The Morgan fingerprint density at radius 1 is 1.33 bits per heavy atom. The fraction of sp³-hybridized carbons (Fsp3) is 0.900. The van der Waals surface area contributed by atoms with Crippen LogP contribution in [0.1, 0.15) is 40.0 Å². The molecule has 2 heteroatoms. The van der Waals surface area contributed by atoms with Gasteiger partial charge in [0.1, 0.15) is 0 Å². The van der Waals surface area contributed by atoms with Gasteiger partial charge in [0.05, 0.1) is 11.5 Å². The van der Waals surface area contributed by atoms with Crippen molar-refractivity contribution in [2.24, 2.45) is 5.41 Å². The van der Waals surface area contributed by atoms with Crippen LogP contribution in [0.5, 0.6) is 0 Å². The molecule has 0 aliphatic carbocycles. The number of hydrogen-bond acceptors (Lipinski definition) is 2. The van der Waals surface area contributed by atoms with Crippen molar-refractivity contribution in [2.45, 2.75) is 40.0 Å². The van der Waals surface area contributed by atoms with E-state index in [4.69, 9.17) is 5.26 Å². The fourth-order valence-electron chi connectivity index (χ4n) is 0.918. The number of thioether (sulfide) groups is 1. The zero-order valence-electron chi connectivity index (χ0n) is 8.39. The summed E-state index contributed by atoms with van der Waals surface area (Å²) in [5.74, 6) is 2.46. The van der Waals surface area contributed by atoms with Crippen LogP contribution < -0.4 is 0 Å². The van der Waals surface area contributed by atoms with Gasteiger partial charge in [-0.05, 0) is 44.6 Å². The van der Waals surface area contributed by atoms with E-state index in [0.717, 1.165) is 6.42 Å². The Morgan fingerprint density at radius 3 is 2.50 bits per heavy atom. The third-order valence-electron chi connectivity index (χ3n) is 1.74. The van der Waals surface area contributed by atoms with Gasteiger partial charge in [0.15, 0.2) is 0 Å². The van der Waals surface area contributed by atoms with Gasteiger partial charge < -0.3 is 0 Å². The maximum Gasteiger partial charge on any atom is 0.0683 e. The highest BCUT2D eigenvalue weighted by Gasteiger charge is 2.14. The Balaban J connectivity index is 3.27. The highest BCUT2D eigenvalue weighted by atomic mass is 32.2. The van der Waals surface area contributed by atoms with E-state index in [1.54, 1.807) is 0 Å². The normalized spacial score (nSPS) is 11.2. The molecule has 0 unspecified atom stereocenters. The van der Waals surface area contributed by atoms with Crippen LogP contribution >= 0.6 is 11.8 Å². The number of rotatable bonds is 6. The summed E-state index contributed by atoms with van der Waals surface area (Å²) in [4.78, 5) is 0. The van der Waals surface area contributed by atoms with Gasteiger partial charge in [-0.2, -0.15) is 17.0 Å². The van der Waals surface area contributed by atoms with Gasteiger partial charge >= 0.3 is 0 Å². The summed E-state index contributed by atoms with van der Waals surface area (Å²) in [5.41, 5.74) is -0.118. The quantitative estimate of drug-likeness (QED) is 0.592. The van der Waals surface area contributed by atoms with Gasteiger partial charge in [-0.25, -0.2) is 0 Å². The third-order valence-corrected chi connectivity index (χ3v) is 3.02. The summed E-state index contributed by atoms with van der Waals surface area (Å²) in [6.45, 7) is 6.22. The molecule has 0 spiro atoms. The minimum Gasteiger partial charge on any atom is -0.198 e. The Bertz CT molecular complexity index is 146. The van der Waals surface area contributed by atoms with E-state index in [-0.39, 0.29) is 5.41 Å². The van der Waals surface area contributed by atoms with E-state index < -0.39 is 0 Å². The lowest BCUT2D eigenvalue weighted by Gasteiger charge is -2.13. The van der Waals surface area contributed by atoms with Gasteiger partial charge in [-0.3, -0.25) is 0 Å². The number of hydrogen-bond donors (Lipinski definition) is 0. The van der Waals surface area contributed by atoms with Crippen LogP contribution in [0.4, 0.5) is 0 Å². The fourth-order valence-corrected chi connectivity index (χ4v) is 1.76. The van der Waals surface area contributed by atoms with Crippen LogP contribution in [0.3, 0.4) is 0 Å².